The van der Waals surface area contributed by atoms with Crippen LogP contribution in [0.4, 0.5) is 5.69 Å². The molecule has 3 rings (SSSR count). The Kier molecular flexibility index (Phi) is 5.68. The van der Waals surface area contributed by atoms with Crippen molar-refractivity contribution < 1.29 is 14.6 Å². The second kappa shape index (κ2) is 8.01. The highest BCUT2D eigenvalue weighted by Crippen LogP contribution is 2.42. The molecule has 0 bridgehead atoms. The average molecular weight is 373 g/mol. The van der Waals surface area contributed by atoms with E-state index >= 15 is 0 Å². The first kappa shape index (κ1) is 19.9. The molecule has 1 radical (unpaired) electrons. The number of quaternary nitrogens is 1. The van der Waals surface area contributed by atoms with Gasteiger partial charge in [0.25, 0.3) is 5.97 Å². The molecule has 0 aliphatic heterocycles. The summed E-state index contributed by atoms with van der Waals surface area (Å²) >= 11 is 0. The zero-order valence-electron chi connectivity index (χ0n) is 16.4. The molecule has 141 valence electrons. The minimum Gasteiger partial charge on any atom is -0.480 e. The number of aliphatic hydroxyl groups is 1. The Morgan fingerprint density at radius 1 is 0.857 bits per heavy atom. The number of nitrogens with zero attached hydrogens (tertiary/aromatic N) is 1. The van der Waals surface area contributed by atoms with Gasteiger partial charge in [-0.3, -0.25) is 4.79 Å². The number of hydrogen-bond donors (Lipinski definition) is 1. The maximum Gasteiger partial charge on any atom is 0.740 e. The van der Waals surface area contributed by atoms with Crippen LogP contribution in [0.15, 0.2) is 84.9 Å². The van der Waals surface area contributed by atoms with Crippen molar-refractivity contribution in [2.24, 2.45) is 0 Å². The summed E-state index contributed by atoms with van der Waals surface area (Å²) < 4.78 is 5.33. The molecular weight excluding hydrogens is 349 g/mol. The molecule has 0 saturated carbocycles. The molecule has 0 heterocycles. The number of carbonyl (C=O) groups excluding carboxylic acids is 1. The fourth-order valence-corrected chi connectivity index (χ4v) is 3.38. The van der Waals surface area contributed by atoms with Crippen LogP contribution in [-0.4, -0.2) is 32.8 Å². The second-order valence-corrected chi connectivity index (χ2v) is 7.21. The van der Waals surface area contributed by atoms with Gasteiger partial charge in [0.05, 0.1) is 19.7 Å². The van der Waals surface area contributed by atoms with E-state index < -0.39 is 5.60 Å². The minimum absolute atomic E-state index is 0.164. The molecule has 0 atom stereocenters. The quantitative estimate of drug-likeness (QED) is 0.530. The highest BCUT2D eigenvalue weighted by atomic mass is 16.5. The Morgan fingerprint density at radius 2 is 1.32 bits per heavy atom. The molecule has 28 heavy (non-hydrogen) atoms. The molecular formula is C23H24BNO3+. The van der Waals surface area contributed by atoms with E-state index in [0.29, 0.717) is 0 Å². The van der Waals surface area contributed by atoms with Crippen LogP contribution in [0.2, 0.25) is 0 Å². The third kappa shape index (κ3) is 3.86. The van der Waals surface area contributed by atoms with Crippen LogP contribution in [-0.2, 0) is 15.0 Å². The summed E-state index contributed by atoms with van der Waals surface area (Å²) in [4.78, 5) is 11.3. The third-order valence-corrected chi connectivity index (χ3v) is 4.78. The predicted molar refractivity (Wildman–Crippen MR) is 113 cm³/mol. The van der Waals surface area contributed by atoms with Gasteiger partial charge in [-0.05, 0) is 23.3 Å². The smallest absolute Gasteiger partial charge is 0.480 e. The van der Waals surface area contributed by atoms with Crippen LogP contribution < -0.4 is 4.39 Å². The Bertz CT molecular complexity index is 903. The lowest BCUT2D eigenvalue weighted by Crippen LogP contribution is -2.48. The van der Waals surface area contributed by atoms with Crippen molar-refractivity contribution in [1.82, 2.24) is 4.39 Å². The van der Waals surface area contributed by atoms with E-state index in [1.54, 1.807) is 0 Å². The summed E-state index contributed by atoms with van der Waals surface area (Å²) in [6, 6.07) is 26.8. The fourth-order valence-electron chi connectivity index (χ4n) is 3.38. The molecule has 1 N–H and O–H groups in total. The van der Waals surface area contributed by atoms with E-state index in [0.717, 1.165) is 22.4 Å². The highest BCUT2D eigenvalue weighted by molar-refractivity contribution is 6.32. The molecule has 0 aliphatic carbocycles. The highest BCUT2D eigenvalue weighted by Gasteiger charge is 2.41. The van der Waals surface area contributed by atoms with Crippen LogP contribution in [0.25, 0.3) is 0 Å². The molecule has 0 aliphatic rings. The van der Waals surface area contributed by atoms with Crippen molar-refractivity contribution >= 4 is 19.3 Å². The first-order valence-corrected chi connectivity index (χ1v) is 9.14. The monoisotopic (exact) mass is 373 g/mol. The summed E-state index contributed by atoms with van der Waals surface area (Å²) in [5.74, 6) is -0.384. The first-order chi connectivity index (χ1) is 13.4. The van der Waals surface area contributed by atoms with E-state index in [4.69, 9.17) is 4.65 Å². The van der Waals surface area contributed by atoms with Gasteiger partial charge in [-0.15, -0.1) is 0 Å². The van der Waals surface area contributed by atoms with Crippen LogP contribution in [0, 0.1) is 0 Å². The Labute approximate surface area is 166 Å². The Hall–Kier alpha value is -2.89. The normalized spacial score (nSPS) is 11.7. The largest absolute Gasteiger partial charge is 0.740 e. The fraction of sp³-hybridized carbons (Fsp3) is 0.174. The average Bonchev–Trinajstić information content (AvgIpc) is 2.73. The van der Waals surface area contributed by atoms with E-state index in [2.05, 4.69) is 0 Å². The lowest BCUT2D eigenvalue weighted by Gasteiger charge is -2.36. The van der Waals surface area contributed by atoms with Gasteiger partial charge >= 0.3 is 7.62 Å². The number of rotatable bonds is 6. The van der Waals surface area contributed by atoms with E-state index in [1.807, 2.05) is 99.0 Å². The van der Waals surface area contributed by atoms with Crippen LogP contribution in [0.1, 0.15) is 23.6 Å². The van der Waals surface area contributed by atoms with Crippen molar-refractivity contribution in [3.05, 3.63) is 102 Å². The maximum atomic E-state index is 12.1. The SMILES string of the molecule is CC(=O)O[B][N+](C)(C)c1ccccc1C(O)(c1ccccc1)c1ccccc1. The molecule has 5 heteroatoms. The number of para-hydroxylation sites is 1. The lowest BCUT2D eigenvalue weighted by atomic mass is 9.78. The van der Waals surface area contributed by atoms with Gasteiger partial charge in [0.1, 0.15) is 11.3 Å². The standard InChI is InChI=1S/C23H24BNO3/c1-18(26)28-24-25(2,3)22-17-11-10-16-21(22)23(27,19-12-6-4-7-13-19)20-14-8-5-9-15-20/h4-17,27H,1-3H3/q+1. The van der Waals surface area contributed by atoms with E-state index in [-0.39, 0.29) is 10.4 Å². The molecule has 4 nitrogen and oxygen atoms in total. The summed E-state index contributed by atoms with van der Waals surface area (Å²) in [5.41, 5.74) is 1.71. The zero-order chi connectivity index (χ0) is 20.2. The molecule has 0 unspecified atom stereocenters. The molecule has 0 aromatic heterocycles. The topological polar surface area (TPSA) is 46.5 Å². The van der Waals surface area contributed by atoms with Gasteiger partial charge in [-0.2, -0.15) is 0 Å². The molecule has 0 amide bonds. The van der Waals surface area contributed by atoms with Crippen molar-refractivity contribution in [1.29, 1.82) is 0 Å². The molecule has 3 aromatic rings. The van der Waals surface area contributed by atoms with Gasteiger partial charge < -0.3 is 14.2 Å². The molecule has 0 spiro atoms. The maximum absolute atomic E-state index is 12.1. The van der Waals surface area contributed by atoms with Gasteiger partial charge in [-0.25, -0.2) is 0 Å². The van der Waals surface area contributed by atoms with Crippen LogP contribution in [0.3, 0.4) is 0 Å². The van der Waals surface area contributed by atoms with Crippen molar-refractivity contribution in [2.45, 2.75) is 12.5 Å². The summed E-state index contributed by atoms with van der Waals surface area (Å²) in [7, 11) is 5.27. The van der Waals surface area contributed by atoms with Crippen molar-refractivity contribution in [3.63, 3.8) is 0 Å². The Balaban J connectivity index is 2.22. The third-order valence-electron chi connectivity index (χ3n) is 4.78. The van der Waals surface area contributed by atoms with E-state index in [9.17, 15) is 9.90 Å². The summed E-state index contributed by atoms with van der Waals surface area (Å²) in [6.07, 6.45) is 0. The van der Waals surface area contributed by atoms with Gasteiger partial charge in [0.2, 0.25) is 0 Å². The molecule has 0 fully saturated rings. The summed E-state index contributed by atoms with van der Waals surface area (Å²) in [6.45, 7) is 1.37. The van der Waals surface area contributed by atoms with Gasteiger partial charge in [0.15, 0.2) is 0 Å². The number of carbonyl (C=O) groups is 1. The van der Waals surface area contributed by atoms with Crippen LogP contribution in [0.5, 0.6) is 0 Å². The molecule has 3 aromatic carbocycles. The van der Waals surface area contributed by atoms with Gasteiger partial charge in [0, 0.05) is 6.92 Å². The first-order valence-electron chi connectivity index (χ1n) is 9.14. The predicted octanol–water partition coefficient (Wildman–Crippen LogP) is 3.64. The minimum atomic E-state index is -1.36. The van der Waals surface area contributed by atoms with Crippen LogP contribution >= 0.6 is 0 Å². The van der Waals surface area contributed by atoms with Crippen molar-refractivity contribution in [2.75, 3.05) is 14.1 Å². The molecule has 0 saturated heterocycles. The number of benzene rings is 3. The van der Waals surface area contributed by atoms with Crippen molar-refractivity contribution in [3.8, 4) is 0 Å². The van der Waals surface area contributed by atoms with Gasteiger partial charge in [-0.1, -0.05) is 72.8 Å². The zero-order valence-corrected chi connectivity index (χ0v) is 16.4. The van der Waals surface area contributed by atoms with E-state index in [1.165, 1.54) is 14.5 Å². The second-order valence-electron chi connectivity index (χ2n) is 7.21. The number of hydrogen-bond acceptors (Lipinski definition) is 3. The lowest BCUT2D eigenvalue weighted by molar-refractivity contribution is -0.132. The summed E-state index contributed by atoms with van der Waals surface area (Å²) in [5, 5.41) is 12.1. The Morgan fingerprint density at radius 3 is 1.82 bits per heavy atom.